The summed E-state index contributed by atoms with van der Waals surface area (Å²) >= 11 is 0. The Hall–Kier alpha value is -0.980. The minimum atomic E-state index is -3.38. The number of hydrogen-bond acceptors (Lipinski definition) is 4. The molecule has 0 bridgehead atoms. The van der Waals surface area contributed by atoms with Gasteiger partial charge in [0.1, 0.15) is 0 Å². The van der Waals surface area contributed by atoms with Gasteiger partial charge in [0.2, 0.25) is 10.0 Å². The fourth-order valence-electron chi connectivity index (χ4n) is 1.29. The van der Waals surface area contributed by atoms with Gasteiger partial charge in [-0.15, -0.1) is 0 Å². The molecule has 0 fully saturated rings. The molecule has 0 radical (unpaired) electrons. The van der Waals surface area contributed by atoms with Crippen molar-refractivity contribution >= 4 is 10.0 Å². The molecule has 1 aromatic heterocycles. The molecular formula is C10H16N2O3S. The van der Waals surface area contributed by atoms with E-state index in [0.29, 0.717) is 5.69 Å². The number of aliphatic hydroxyl groups excluding tert-OH is 1. The SMILES string of the molecule is Cc1cccc(CN(C)S(=O)(=O)CCO)n1. The third-order valence-corrected chi connectivity index (χ3v) is 3.93. The van der Waals surface area contributed by atoms with Crippen LogP contribution in [-0.2, 0) is 16.6 Å². The van der Waals surface area contributed by atoms with Crippen molar-refractivity contribution in [2.24, 2.45) is 0 Å². The van der Waals surface area contributed by atoms with E-state index < -0.39 is 10.0 Å². The lowest BCUT2D eigenvalue weighted by Gasteiger charge is -2.16. The highest BCUT2D eigenvalue weighted by Gasteiger charge is 2.17. The van der Waals surface area contributed by atoms with Crippen molar-refractivity contribution < 1.29 is 13.5 Å². The van der Waals surface area contributed by atoms with Gasteiger partial charge >= 0.3 is 0 Å². The molecule has 1 aromatic rings. The Kier molecular flexibility index (Phi) is 4.40. The van der Waals surface area contributed by atoms with Gasteiger partial charge in [-0.25, -0.2) is 8.42 Å². The maximum absolute atomic E-state index is 11.6. The van der Waals surface area contributed by atoms with Gasteiger partial charge in [0.15, 0.2) is 0 Å². The highest BCUT2D eigenvalue weighted by Crippen LogP contribution is 2.06. The first-order chi connectivity index (χ1) is 7.45. The van der Waals surface area contributed by atoms with Crippen LogP contribution in [0.3, 0.4) is 0 Å². The average Bonchev–Trinajstić information content (AvgIpc) is 2.17. The Labute approximate surface area is 95.8 Å². The Bertz CT molecular complexity index is 445. The number of pyridine rings is 1. The predicted octanol–water partition coefficient (Wildman–Crippen LogP) is 0.144. The van der Waals surface area contributed by atoms with Gasteiger partial charge in [0, 0.05) is 12.7 Å². The van der Waals surface area contributed by atoms with Crippen molar-refractivity contribution in [1.82, 2.24) is 9.29 Å². The zero-order chi connectivity index (χ0) is 12.2. The second kappa shape index (κ2) is 5.38. The van der Waals surface area contributed by atoms with Gasteiger partial charge in [0.05, 0.1) is 24.6 Å². The third-order valence-electron chi connectivity index (χ3n) is 2.15. The van der Waals surface area contributed by atoms with Crippen LogP contribution in [0.2, 0.25) is 0 Å². The van der Waals surface area contributed by atoms with E-state index in [0.717, 1.165) is 5.69 Å². The van der Waals surface area contributed by atoms with E-state index >= 15 is 0 Å². The normalized spacial score (nSPS) is 12.0. The number of aliphatic hydroxyl groups is 1. The summed E-state index contributed by atoms with van der Waals surface area (Å²) in [7, 11) is -1.90. The number of nitrogens with zero attached hydrogens (tertiary/aromatic N) is 2. The number of sulfonamides is 1. The molecule has 0 atom stereocenters. The van der Waals surface area contributed by atoms with Crippen LogP contribution in [0.25, 0.3) is 0 Å². The van der Waals surface area contributed by atoms with Crippen molar-refractivity contribution in [1.29, 1.82) is 0 Å². The van der Waals surface area contributed by atoms with E-state index in [9.17, 15) is 8.42 Å². The molecule has 0 aliphatic carbocycles. The lowest BCUT2D eigenvalue weighted by molar-refractivity contribution is 0.315. The van der Waals surface area contributed by atoms with E-state index in [-0.39, 0.29) is 18.9 Å². The van der Waals surface area contributed by atoms with Crippen molar-refractivity contribution in [2.45, 2.75) is 13.5 Å². The molecule has 0 aliphatic rings. The standard InChI is InChI=1S/C10H16N2O3S/c1-9-4-3-5-10(11-9)8-12(2)16(14,15)7-6-13/h3-5,13H,6-8H2,1-2H3. The van der Waals surface area contributed by atoms with Crippen molar-refractivity contribution in [3.05, 3.63) is 29.6 Å². The predicted molar refractivity (Wildman–Crippen MR) is 61.3 cm³/mol. The monoisotopic (exact) mass is 244 g/mol. The van der Waals surface area contributed by atoms with Gasteiger partial charge in [-0.2, -0.15) is 4.31 Å². The smallest absolute Gasteiger partial charge is 0.216 e. The quantitative estimate of drug-likeness (QED) is 0.800. The summed E-state index contributed by atoms with van der Waals surface area (Å²) in [6.45, 7) is 1.71. The van der Waals surface area contributed by atoms with E-state index in [1.807, 2.05) is 19.1 Å². The zero-order valence-electron chi connectivity index (χ0n) is 9.42. The largest absolute Gasteiger partial charge is 0.395 e. The summed E-state index contributed by atoms with van der Waals surface area (Å²) in [6, 6.07) is 5.47. The van der Waals surface area contributed by atoms with Crippen molar-refractivity contribution in [2.75, 3.05) is 19.4 Å². The summed E-state index contributed by atoms with van der Waals surface area (Å²) in [5, 5.41) is 8.64. The van der Waals surface area contributed by atoms with Crippen LogP contribution >= 0.6 is 0 Å². The van der Waals surface area contributed by atoms with Crippen LogP contribution < -0.4 is 0 Å². The highest BCUT2D eigenvalue weighted by molar-refractivity contribution is 7.89. The van der Waals surface area contributed by atoms with E-state index in [1.165, 1.54) is 11.4 Å². The fourth-order valence-corrected chi connectivity index (χ4v) is 2.16. The lowest BCUT2D eigenvalue weighted by atomic mass is 10.3. The van der Waals surface area contributed by atoms with Gasteiger partial charge in [-0.3, -0.25) is 4.98 Å². The van der Waals surface area contributed by atoms with Gasteiger partial charge in [-0.05, 0) is 19.1 Å². The molecule has 0 spiro atoms. The second-order valence-corrected chi connectivity index (χ2v) is 5.76. The number of aromatic nitrogens is 1. The maximum atomic E-state index is 11.6. The molecule has 0 saturated heterocycles. The van der Waals surface area contributed by atoms with Crippen LogP contribution in [0, 0.1) is 6.92 Å². The van der Waals surface area contributed by atoms with Crippen LogP contribution in [0.1, 0.15) is 11.4 Å². The molecular weight excluding hydrogens is 228 g/mol. The minimum absolute atomic E-state index is 0.226. The van der Waals surface area contributed by atoms with Crippen molar-refractivity contribution in [3.8, 4) is 0 Å². The second-order valence-electron chi connectivity index (χ2n) is 3.57. The van der Waals surface area contributed by atoms with Crippen LogP contribution in [0.15, 0.2) is 18.2 Å². The molecule has 0 aliphatic heterocycles. The molecule has 16 heavy (non-hydrogen) atoms. The maximum Gasteiger partial charge on any atom is 0.216 e. The zero-order valence-corrected chi connectivity index (χ0v) is 10.2. The van der Waals surface area contributed by atoms with Crippen LogP contribution in [-0.4, -0.2) is 42.2 Å². The molecule has 0 saturated carbocycles. The fraction of sp³-hybridized carbons (Fsp3) is 0.500. The third kappa shape index (κ3) is 3.55. The molecule has 1 heterocycles. The first-order valence-electron chi connectivity index (χ1n) is 4.93. The minimum Gasteiger partial charge on any atom is -0.395 e. The molecule has 1 N–H and O–H groups in total. The Morgan fingerprint density at radius 2 is 2.12 bits per heavy atom. The van der Waals surface area contributed by atoms with Crippen LogP contribution in [0.5, 0.6) is 0 Å². The van der Waals surface area contributed by atoms with Gasteiger partial charge in [-0.1, -0.05) is 6.07 Å². The average molecular weight is 244 g/mol. The van der Waals surface area contributed by atoms with Crippen LogP contribution in [0.4, 0.5) is 0 Å². The molecule has 0 amide bonds. The Morgan fingerprint density at radius 3 is 2.69 bits per heavy atom. The summed E-state index contributed by atoms with van der Waals surface area (Å²) < 4.78 is 24.3. The summed E-state index contributed by atoms with van der Waals surface area (Å²) in [4.78, 5) is 4.22. The molecule has 1 rings (SSSR count). The summed E-state index contributed by atoms with van der Waals surface area (Å²) in [6.07, 6.45) is 0. The van der Waals surface area contributed by atoms with E-state index in [2.05, 4.69) is 4.98 Å². The molecule has 0 unspecified atom stereocenters. The van der Waals surface area contributed by atoms with E-state index in [1.54, 1.807) is 6.07 Å². The van der Waals surface area contributed by atoms with Gasteiger partial charge < -0.3 is 5.11 Å². The Balaban J connectivity index is 2.75. The summed E-state index contributed by atoms with van der Waals surface area (Å²) in [5.74, 6) is -0.255. The topological polar surface area (TPSA) is 70.5 Å². The Morgan fingerprint density at radius 1 is 1.44 bits per heavy atom. The molecule has 5 nitrogen and oxygen atoms in total. The van der Waals surface area contributed by atoms with Gasteiger partial charge in [0.25, 0.3) is 0 Å². The first-order valence-corrected chi connectivity index (χ1v) is 6.54. The van der Waals surface area contributed by atoms with Crippen molar-refractivity contribution in [3.63, 3.8) is 0 Å². The summed E-state index contributed by atoms with van der Waals surface area (Å²) in [5.41, 5.74) is 1.55. The first kappa shape index (κ1) is 13.1. The molecule has 6 heteroatoms. The molecule has 90 valence electrons. The number of hydrogen-bond donors (Lipinski definition) is 1. The lowest BCUT2D eigenvalue weighted by Crippen LogP contribution is -2.30. The molecule has 0 aromatic carbocycles. The highest BCUT2D eigenvalue weighted by atomic mass is 32.2. The number of aryl methyl sites for hydroxylation is 1. The number of rotatable bonds is 5. The van der Waals surface area contributed by atoms with E-state index in [4.69, 9.17) is 5.11 Å².